The molecule has 2 amide bonds. The van der Waals surface area contributed by atoms with Gasteiger partial charge in [-0.3, -0.25) is 9.59 Å². The third kappa shape index (κ3) is 3.88. The molecule has 4 atom stereocenters. The molecule has 38 heavy (non-hydrogen) atoms. The maximum Gasteiger partial charge on any atom is 0.421 e. The van der Waals surface area contributed by atoms with E-state index < -0.39 is 17.6 Å². The van der Waals surface area contributed by atoms with E-state index in [1.54, 1.807) is 23.1 Å². The molecule has 12 heteroatoms. The molecule has 0 radical (unpaired) electrons. The van der Waals surface area contributed by atoms with Gasteiger partial charge >= 0.3 is 6.18 Å². The number of fused-ring (bicyclic) bond motifs is 5. The fraction of sp³-hybridized carbons (Fsp3) is 0.500. The first kappa shape index (κ1) is 23.4. The molecule has 3 aromatic rings. The number of benzene rings is 1. The Morgan fingerprint density at radius 1 is 0.895 bits per heavy atom. The summed E-state index contributed by atoms with van der Waals surface area (Å²) in [6.07, 6.45) is -2.75. The predicted molar refractivity (Wildman–Crippen MR) is 127 cm³/mol. The van der Waals surface area contributed by atoms with Crippen LogP contribution in [0.4, 0.5) is 13.2 Å². The van der Waals surface area contributed by atoms with E-state index >= 15 is 0 Å². The Balaban J connectivity index is 1.02. The van der Waals surface area contributed by atoms with Crippen molar-refractivity contribution in [3.05, 3.63) is 47.2 Å². The van der Waals surface area contributed by atoms with Crippen molar-refractivity contribution in [2.24, 2.45) is 29.6 Å². The molecule has 7 rings (SSSR count). The molecule has 2 aliphatic heterocycles. The van der Waals surface area contributed by atoms with Gasteiger partial charge < -0.3 is 14.5 Å². The number of carbonyl (C=O) groups is 2. The number of pyridine rings is 1. The highest BCUT2D eigenvalue weighted by atomic mass is 19.4. The van der Waals surface area contributed by atoms with Crippen LogP contribution in [0.25, 0.3) is 11.0 Å². The Bertz CT molecular complexity index is 1420. The molecule has 4 fully saturated rings. The number of ether oxygens (including phenoxy) is 1. The number of nitrogens with zero attached hydrogens (tertiary/aromatic N) is 5. The third-order valence-electron chi connectivity index (χ3n) is 8.60. The zero-order chi connectivity index (χ0) is 26.2. The highest BCUT2D eigenvalue weighted by molar-refractivity contribution is 5.97. The lowest BCUT2D eigenvalue weighted by atomic mass is 9.60. The van der Waals surface area contributed by atoms with Crippen LogP contribution in [-0.2, 0) is 6.18 Å². The summed E-state index contributed by atoms with van der Waals surface area (Å²) < 4.78 is 45.8. The highest BCUT2D eigenvalue weighted by Gasteiger charge is 2.59. The van der Waals surface area contributed by atoms with Gasteiger partial charge in [0, 0.05) is 31.7 Å². The topological polar surface area (TPSA) is 104 Å². The van der Waals surface area contributed by atoms with Gasteiger partial charge in [0.1, 0.15) is 22.3 Å². The molecular formula is C26H25F3N6O3. The van der Waals surface area contributed by atoms with E-state index in [2.05, 4.69) is 20.4 Å². The Kier molecular flexibility index (Phi) is 5.18. The molecule has 1 aromatic carbocycles. The summed E-state index contributed by atoms with van der Waals surface area (Å²) in [5.74, 6) is 0.444. The normalized spacial score (nSPS) is 26.3. The minimum absolute atomic E-state index is 0.0321. The molecular weight excluding hydrogens is 501 g/mol. The monoisotopic (exact) mass is 526 g/mol. The Morgan fingerprint density at radius 3 is 2.16 bits per heavy atom. The lowest BCUT2D eigenvalue weighted by Gasteiger charge is -2.42. The van der Waals surface area contributed by atoms with Gasteiger partial charge in [0.2, 0.25) is 5.88 Å². The highest BCUT2D eigenvalue weighted by Crippen LogP contribution is 2.54. The second-order valence-electron chi connectivity index (χ2n) is 10.9. The number of amides is 2. The molecule has 198 valence electrons. The minimum atomic E-state index is -4.61. The van der Waals surface area contributed by atoms with Crippen LogP contribution < -0.4 is 4.74 Å². The van der Waals surface area contributed by atoms with Crippen molar-refractivity contribution in [3.8, 4) is 5.88 Å². The lowest BCUT2D eigenvalue weighted by Crippen LogP contribution is -2.44. The van der Waals surface area contributed by atoms with Crippen molar-refractivity contribution in [2.45, 2.75) is 19.0 Å². The summed E-state index contributed by atoms with van der Waals surface area (Å²) in [5.41, 5.74) is 0.921. The zero-order valence-corrected chi connectivity index (χ0v) is 20.3. The molecule has 2 saturated carbocycles. The van der Waals surface area contributed by atoms with Crippen molar-refractivity contribution >= 4 is 22.8 Å². The number of aromatic amines is 1. The second-order valence-corrected chi connectivity index (χ2v) is 10.9. The minimum Gasteiger partial charge on any atom is -0.477 e. The number of rotatable bonds is 5. The largest absolute Gasteiger partial charge is 0.477 e. The van der Waals surface area contributed by atoms with E-state index in [0.29, 0.717) is 54.6 Å². The zero-order valence-electron chi connectivity index (χ0n) is 20.3. The standard InChI is InChI=1S/C26H25F3N6O3/c27-26(28,29)19-4-6-21(30-23(19)38-12-13-1-2-13)25(37)35-10-17-15-8-34(9-16(15)18(17)11-35)24(36)14-3-5-20-22(7-14)32-33-31-20/h3-7,13,15-18H,1-2,8-12H2,(H,31,32,33)/t15-,16+,17+,18-. The smallest absolute Gasteiger partial charge is 0.421 e. The van der Waals surface area contributed by atoms with Crippen LogP contribution in [-0.4, -0.2) is 74.8 Å². The average Bonchev–Trinajstić information content (AvgIpc) is 3.30. The fourth-order valence-corrected chi connectivity index (χ4v) is 6.39. The number of H-pyrrole nitrogens is 1. The molecule has 9 nitrogen and oxygen atoms in total. The van der Waals surface area contributed by atoms with E-state index in [-0.39, 0.29) is 41.9 Å². The van der Waals surface area contributed by atoms with Crippen LogP contribution in [0.15, 0.2) is 30.3 Å². The SMILES string of the molecule is O=C(c1ccc2n[nH]nc2c1)N1C[C@@H]2[C@H](C1)[C@H]1CN(C(=O)c3ccc(C(F)(F)F)c(OCC4CC4)n3)C[C@@H]21. The first-order chi connectivity index (χ1) is 18.3. The van der Waals surface area contributed by atoms with E-state index in [1.165, 1.54) is 0 Å². The van der Waals surface area contributed by atoms with Gasteiger partial charge in [0.15, 0.2) is 0 Å². The molecule has 2 aromatic heterocycles. The van der Waals surface area contributed by atoms with Gasteiger partial charge in [-0.05, 0) is 72.8 Å². The molecule has 2 saturated heterocycles. The van der Waals surface area contributed by atoms with Crippen LogP contribution in [0, 0.1) is 29.6 Å². The first-order valence-corrected chi connectivity index (χ1v) is 12.9. The Hall–Kier alpha value is -3.70. The number of hydrogen-bond acceptors (Lipinski definition) is 6. The number of hydrogen-bond donors (Lipinski definition) is 1. The van der Waals surface area contributed by atoms with Gasteiger partial charge in [-0.1, -0.05) is 0 Å². The number of likely N-dealkylation sites (tertiary alicyclic amines) is 2. The summed E-state index contributed by atoms with van der Waals surface area (Å²) >= 11 is 0. The van der Waals surface area contributed by atoms with Crippen molar-refractivity contribution in [1.29, 1.82) is 0 Å². The van der Waals surface area contributed by atoms with Crippen LogP contribution in [0.5, 0.6) is 5.88 Å². The van der Waals surface area contributed by atoms with Crippen molar-refractivity contribution < 1.29 is 27.5 Å². The molecule has 1 N–H and O–H groups in total. The second kappa shape index (κ2) is 8.40. The maximum atomic E-state index is 13.5. The van der Waals surface area contributed by atoms with Crippen LogP contribution in [0.2, 0.25) is 0 Å². The number of aromatic nitrogens is 4. The van der Waals surface area contributed by atoms with Gasteiger partial charge in [-0.2, -0.15) is 28.6 Å². The van der Waals surface area contributed by atoms with Gasteiger partial charge in [-0.25, -0.2) is 4.98 Å². The van der Waals surface area contributed by atoms with Crippen molar-refractivity contribution in [2.75, 3.05) is 32.8 Å². The fourth-order valence-electron chi connectivity index (χ4n) is 6.39. The average molecular weight is 527 g/mol. The Morgan fingerprint density at radius 2 is 1.53 bits per heavy atom. The Labute approximate surface area is 215 Å². The van der Waals surface area contributed by atoms with Gasteiger partial charge in [0.25, 0.3) is 11.8 Å². The quantitative estimate of drug-likeness (QED) is 0.548. The first-order valence-electron chi connectivity index (χ1n) is 12.9. The summed E-state index contributed by atoms with van der Waals surface area (Å²) in [5, 5.41) is 10.6. The molecule has 0 bridgehead atoms. The van der Waals surface area contributed by atoms with Crippen molar-refractivity contribution in [3.63, 3.8) is 0 Å². The van der Waals surface area contributed by atoms with E-state index in [0.717, 1.165) is 25.0 Å². The lowest BCUT2D eigenvalue weighted by molar-refractivity contribution is -0.139. The third-order valence-corrected chi connectivity index (χ3v) is 8.60. The number of carbonyl (C=O) groups excluding carboxylic acids is 2. The molecule has 0 unspecified atom stereocenters. The summed E-state index contributed by atoms with van der Waals surface area (Å²) in [7, 11) is 0. The van der Waals surface area contributed by atoms with Crippen LogP contribution >= 0.6 is 0 Å². The summed E-state index contributed by atoms with van der Waals surface area (Å²) in [6.45, 7) is 2.45. The molecule has 2 aliphatic carbocycles. The number of alkyl halides is 3. The van der Waals surface area contributed by atoms with Crippen LogP contribution in [0.1, 0.15) is 39.3 Å². The summed E-state index contributed by atoms with van der Waals surface area (Å²) in [6, 6.07) is 7.30. The predicted octanol–water partition coefficient (Wildman–Crippen LogP) is 3.25. The maximum absolute atomic E-state index is 13.5. The number of nitrogens with one attached hydrogen (secondary N) is 1. The van der Waals surface area contributed by atoms with Gasteiger partial charge in [-0.15, -0.1) is 0 Å². The molecule has 0 spiro atoms. The molecule has 4 heterocycles. The van der Waals surface area contributed by atoms with Crippen LogP contribution in [0.3, 0.4) is 0 Å². The van der Waals surface area contributed by atoms with E-state index in [4.69, 9.17) is 4.74 Å². The van der Waals surface area contributed by atoms with Gasteiger partial charge in [0.05, 0.1) is 6.61 Å². The summed E-state index contributed by atoms with van der Waals surface area (Å²) in [4.78, 5) is 34.0. The van der Waals surface area contributed by atoms with E-state index in [9.17, 15) is 22.8 Å². The number of halogens is 3. The van der Waals surface area contributed by atoms with Crippen molar-refractivity contribution in [1.82, 2.24) is 30.2 Å². The molecule has 4 aliphatic rings. The van der Waals surface area contributed by atoms with E-state index in [1.807, 2.05) is 4.90 Å².